The van der Waals surface area contributed by atoms with Gasteiger partial charge in [-0.05, 0) is 31.0 Å². The molecule has 0 aliphatic carbocycles. The van der Waals surface area contributed by atoms with Gasteiger partial charge >= 0.3 is 0 Å². The lowest BCUT2D eigenvalue weighted by molar-refractivity contribution is -0.661. The monoisotopic (exact) mass is 316 g/mol. The van der Waals surface area contributed by atoms with Gasteiger partial charge in [-0.15, -0.1) is 0 Å². The highest BCUT2D eigenvalue weighted by Gasteiger charge is 2.12. The summed E-state index contributed by atoms with van der Waals surface area (Å²) in [5.74, 6) is 0. The van der Waals surface area contributed by atoms with Crippen molar-refractivity contribution in [1.82, 2.24) is 4.40 Å². The van der Waals surface area contributed by atoms with Crippen LogP contribution in [0.5, 0.6) is 0 Å². The summed E-state index contributed by atoms with van der Waals surface area (Å²) in [6.45, 7) is 5.21. The Morgan fingerprint density at radius 3 is 2.53 bits per heavy atom. The molecule has 0 atom stereocenters. The quantitative estimate of drug-likeness (QED) is 0.583. The van der Waals surface area contributed by atoms with Crippen LogP contribution in [0.25, 0.3) is 5.65 Å². The molecule has 0 saturated carbocycles. The maximum absolute atomic E-state index is 2.29. The predicted octanol–water partition coefficient (Wildman–Crippen LogP) is -0.104. The molecule has 0 spiro atoms. The van der Waals surface area contributed by atoms with Gasteiger partial charge in [0.2, 0.25) is 0 Å². The number of pyridine rings is 1. The molecule has 3 heteroatoms. The van der Waals surface area contributed by atoms with E-state index in [-0.39, 0.29) is 17.0 Å². The number of hydrogen-bond acceptors (Lipinski definition) is 0. The minimum atomic E-state index is 0. The number of imidazole rings is 1. The molecule has 0 N–H and O–H groups in total. The number of rotatable bonds is 2. The van der Waals surface area contributed by atoms with Crippen LogP contribution in [0.4, 0.5) is 0 Å². The largest absolute Gasteiger partial charge is 1.00 e. The number of benzene rings is 1. The molecule has 3 rings (SSSR count). The Morgan fingerprint density at radius 1 is 1.05 bits per heavy atom. The second-order valence-electron chi connectivity index (χ2n) is 4.81. The van der Waals surface area contributed by atoms with E-state index in [1.807, 2.05) is 0 Å². The zero-order chi connectivity index (χ0) is 12.5. The van der Waals surface area contributed by atoms with Crippen molar-refractivity contribution in [2.24, 2.45) is 0 Å². The fourth-order valence-corrected chi connectivity index (χ4v) is 2.45. The molecule has 0 bridgehead atoms. The van der Waals surface area contributed by atoms with Crippen molar-refractivity contribution in [2.75, 3.05) is 0 Å². The van der Waals surface area contributed by atoms with Crippen LogP contribution in [-0.2, 0) is 6.54 Å². The van der Waals surface area contributed by atoms with E-state index in [1.54, 1.807) is 0 Å². The summed E-state index contributed by atoms with van der Waals surface area (Å²) in [7, 11) is 0. The first-order valence-corrected chi connectivity index (χ1v) is 6.26. The Kier molecular flexibility index (Phi) is 4.05. The third-order valence-electron chi connectivity index (χ3n) is 3.31. The van der Waals surface area contributed by atoms with Crippen molar-refractivity contribution < 1.29 is 21.5 Å². The molecule has 3 aromatic rings. The van der Waals surface area contributed by atoms with Crippen LogP contribution < -0.4 is 21.5 Å². The molecule has 0 unspecified atom stereocenters. The summed E-state index contributed by atoms with van der Waals surface area (Å²) in [6.07, 6.45) is 4.28. The molecule has 0 radical (unpaired) electrons. The van der Waals surface area contributed by atoms with Gasteiger partial charge in [0.15, 0.2) is 0 Å². The fraction of sp³-hybridized carbons (Fsp3) is 0.188. The third-order valence-corrected chi connectivity index (χ3v) is 3.31. The summed E-state index contributed by atoms with van der Waals surface area (Å²) >= 11 is 0. The van der Waals surface area contributed by atoms with Gasteiger partial charge in [0, 0.05) is 6.07 Å². The molecule has 2 nitrogen and oxygen atoms in total. The molecule has 2 heterocycles. The van der Waals surface area contributed by atoms with Gasteiger partial charge in [0.1, 0.15) is 24.6 Å². The van der Waals surface area contributed by atoms with Crippen LogP contribution in [0.3, 0.4) is 0 Å². The van der Waals surface area contributed by atoms with E-state index >= 15 is 0 Å². The summed E-state index contributed by atoms with van der Waals surface area (Å²) in [6, 6.07) is 15.0. The minimum Gasteiger partial charge on any atom is -1.00 e. The molecule has 0 aliphatic heterocycles. The van der Waals surface area contributed by atoms with Crippen molar-refractivity contribution in [3.8, 4) is 0 Å². The zero-order valence-electron chi connectivity index (χ0n) is 11.2. The summed E-state index contributed by atoms with van der Waals surface area (Å²) < 4.78 is 4.52. The van der Waals surface area contributed by atoms with Crippen LogP contribution >= 0.6 is 0 Å². The normalized spacial score (nSPS) is 10.4. The van der Waals surface area contributed by atoms with E-state index in [1.165, 1.54) is 22.5 Å². The molecule has 2 aromatic heterocycles. The molecule has 19 heavy (non-hydrogen) atoms. The second kappa shape index (κ2) is 5.57. The first-order valence-electron chi connectivity index (χ1n) is 6.26. The lowest BCUT2D eigenvalue weighted by atomic mass is 10.2. The van der Waals surface area contributed by atoms with Crippen molar-refractivity contribution in [2.45, 2.75) is 20.4 Å². The Morgan fingerprint density at radius 2 is 1.79 bits per heavy atom. The van der Waals surface area contributed by atoms with E-state index in [2.05, 4.69) is 77.7 Å². The SMILES string of the molecule is Cc1cc(C)n2cc[n+](Cc3ccccc3)c2c1.[Br-]. The van der Waals surface area contributed by atoms with Crippen LogP contribution in [0, 0.1) is 13.8 Å². The average molecular weight is 317 g/mol. The fourth-order valence-electron chi connectivity index (χ4n) is 2.45. The van der Waals surface area contributed by atoms with Gasteiger partial charge in [0.25, 0.3) is 5.65 Å². The van der Waals surface area contributed by atoms with E-state index in [0.717, 1.165) is 6.54 Å². The lowest BCUT2D eigenvalue weighted by Crippen LogP contribution is -3.00. The number of aromatic nitrogens is 2. The van der Waals surface area contributed by atoms with Crippen LogP contribution in [0.1, 0.15) is 16.8 Å². The first kappa shape index (κ1) is 13.8. The van der Waals surface area contributed by atoms with Gasteiger partial charge in [0.05, 0.1) is 0 Å². The molecule has 1 aromatic carbocycles. The zero-order valence-corrected chi connectivity index (χ0v) is 12.8. The first-order chi connectivity index (χ1) is 8.74. The summed E-state index contributed by atoms with van der Waals surface area (Å²) in [5.41, 5.74) is 5.16. The van der Waals surface area contributed by atoms with Gasteiger partial charge < -0.3 is 17.0 Å². The Hall–Kier alpha value is -1.61. The molecule has 0 saturated heterocycles. The Balaban J connectivity index is 0.00000133. The van der Waals surface area contributed by atoms with Gasteiger partial charge in [-0.3, -0.25) is 0 Å². The molecule has 0 fully saturated rings. The molecular formula is C16H17BrN2. The van der Waals surface area contributed by atoms with E-state index in [4.69, 9.17) is 0 Å². The van der Waals surface area contributed by atoms with Crippen molar-refractivity contribution in [3.63, 3.8) is 0 Å². The van der Waals surface area contributed by atoms with Crippen molar-refractivity contribution >= 4 is 5.65 Å². The van der Waals surface area contributed by atoms with Crippen molar-refractivity contribution in [1.29, 1.82) is 0 Å². The third kappa shape index (κ3) is 2.71. The number of halogens is 1. The smallest absolute Gasteiger partial charge is 0.286 e. The highest BCUT2D eigenvalue weighted by Crippen LogP contribution is 2.09. The van der Waals surface area contributed by atoms with E-state index in [0.29, 0.717) is 0 Å². The topological polar surface area (TPSA) is 8.29 Å². The minimum absolute atomic E-state index is 0. The molecule has 0 amide bonds. The van der Waals surface area contributed by atoms with Crippen LogP contribution in [0.15, 0.2) is 54.9 Å². The standard InChI is InChI=1S/C16H17N2.BrH/c1-13-10-14(2)18-9-8-17(16(18)11-13)12-15-6-4-3-5-7-15;/h3-11H,12H2,1-2H3;1H/q+1;/p-1. The Bertz CT molecular complexity index is 687. The van der Waals surface area contributed by atoms with Gasteiger partial charge in [-0.25, -0.2) is 8.97 Å². The van der Waals surface area contributed by atoms with Gasteiger partial charge in [-0.2, -0.15) is 0 Å². The molecule has 0 aliphatic rings. The predicted molar refractivity (Wildman–Crippen MR) is 72.6 cm³/mol. The Labute approximate surface area is 124 Å². The highest BCUT2D eigenvalue weighted by atomic mass is 79.9. The number of nitrogens with zero attached hydrogens (tertiary/aromatic N) is 2. The number of fused-ring (bicyclic) bond motifs is 1. The van der Waals surface area contributed by atoms with Gasteiger partial charge in [-0.1, -0.05) is 30.3 Å². The average Bonchev–Trinajstić information content (AvgIpc) is 2.74. The molecular weight excluding hydrogens is 300 g/mol. The second-order valence-corrected chi connectivity index (χ2v) is 4.81. The summed E-state index contributed by atoms with van der Waals surface area (Å²) in [4.78, 5) is 0. The van der Waals surface area contributed by atoms with E-state index < -0.39 is 0 Å². The highest BCUT2D eigenvalue weighted by molar-refractivity contribution is 5.38. The lowest BCUT2D eigenvalue weighted by Gasteiger charge is -2.00. The number of aryl methyl sites for hydroxylation is 2. The maximum Gasteiger partial charge on any atom is 0.286 e. The number of hydrogen-bond donors (Lipinski definition) is 0. The molecule has 98 valence electrons. The van der Waals surface area contributed by atoms with Crippen LogP contribution in [-0.4, -0.2) is 4.40 Å². The summed E-state index contributed by atoms with van der Waals surface area (Å²) in [5, 5.41) is 0. The maximum atomic E-state index is 2.29. The van der Waals surface area contributed by atoms with Crippen molar-refractivity contribution in [3.05, 3.63) is 71.7 Å². The van der Waals surface area contributed by atoms with E-state index in [9.17, 15) is 0 Å². The van der Waals surface area contributed by atoms with Crippen LogP contribution in [0.2, 0.25) is 0 Å².